The SMILES string of the molecule is CC(C)(C)c1cc(-c2cccc3cccc(-c4ccccc4N(c4ccc(-c5ccc6c(c5)C(c5ccccc5)(c5ccccc5)c5ccccc5-6)cc4)c4cccc5c4-c4ccccc4C5(c4ccccc4)c4ccccc4)c23)cc(C(C)(C)C)c1. The number of hydrogen-bond donors (Lipinski definition) is 0. The number of para-hydroxylation sites is 1. The van der Waals surface area contributed by atoms with E-state index in [0.29, 0.717) is 0 Å². The molecule has 418 valence electrons. The first-order valence-corrected chi connectivity index (χ1v) is 30.8. The Kier molecular flexibility index (Phi) is 12.9. The maximum atomic E-state index is 2.56. The van der Waals surface area contributed by atoms with Gasteiger partial charge in [-0.15, -0.1) is 0 Å². The van der Waals surface area contributed by atoms with Crippen LogP contribution in [-0.2, 0) is 21.7 Å². The Bertz CT molecular complexity index is 4620. The summed E-state index contributed by atoms with van der Waals surface area (Å²) in [5.74, 6) is 0. The molecule has 0 atom stereocenters. The summed E-state index contributed by atoms with van der Waals surface area (Å²) < 4.78 is 0. The number of anilines is 3. The van der Waals surface area contributed by atoms with Crippen LogP contribution in [0, 0.1) is 0 Å². The number of benzene rings is 13. The predicted molar refractivity (Wildman–Crippen MR) is 367 cm³/mol. The van der Waals surface area contributed by atoms with Crippen molar-refractivity contribution >= 4 is 27.8 Å². The lowest BCUT2D eigenvalue weighted by Gasteiger charge is -2.34. The summed E-state index contributed by atoms with van der Waals surface area (Å²) in [6.07, 6.45) is 0. The molecule has 0 spiro atoms. The zero-order valence-corrected chi connectivity index (χ0v) is 50.4. The summed E-state index contributed by atoms with van der Waals surface area (Å²) in [5, 5.41) is 2.45. The van der Waals surface area contributed by atoms with E-state index in [-0.39, 0.29) is 10.8 Å². The molecule has 0 saturated heterocycles. The molecule has 2 aliphatic carbocycles. The van der Waals surface area contributed by atoms with Gasteiger partial charge in [0.05, 0.1) is 22.2 Å². The Labute approximate surface area is 513 Å². The fourth-order valence-electron chi connectivity index (χ4n) is 14.8. The Morgan fingerprint density at radius 1 is 0.264 bits per heavy atom. The van der Waals surface area contributed by atoms with Gasteiger partial charge in [0.2, 0.25) is 0 Å². The Hall–Kier alpha value is -10.1. The molecule has 0 amide bonds. The van der Waals surface area contributed by atoms with Crippen molar-refractivity contribution in [2.24, 2.45) is 0 Å². The molecule has 0 aliphatic heterocycles. The van der Waals surface area contributed by atoms with Crippen LogP contribution in [0.3, 0.4) is 0 Å². The molecule has 13 aromatic carbocycles. The largest absolute Gasteiger partial charge is 0.309 e. The van der Waals surface area contributed by atoms with Gasteiger partial charge in [-0.3, -0.25) is 0 Å². The van der Waals surface area contributed by atoms with Gasteiger partial charge in [-0.1, -0.05) is 321 Å². The van der Waals surface area contributed by atoms with Gasteiger partial charge in [0.15, 0.2) is 0 Å². The predicted octanol–water partition coefficient (Wildman–Crippen LogP) is 22.6. The van der Waals surface area contributed by atoms with E-state index in [2.05, 4.69) is 356 Å². The molecule has 87 heavy (non-hydrogen) atoms. The van der Waals surface area contributed by atoms with Gasteiger partial charge in [0, 0.05) is 16.8 Å². The first-order chi connectivity index (χ1) is 42.4. The van der Waals surface area contributed by atoms with Crippen LogP contribution in [0.5, 0.6) is 0 Å². The van der Waals surface area contributed by atoms with Crippen LogP contribution < -0.4 is 4.90 Å². The molecule has 1 nitrogen and oxygen atoms in total. The van der Waals surface area contributed by atoms with Crippen LogP contribution in [0.15, 0.2) is 309 Å². The van der Waals surface area contributed by atoms with Crippen molar-refractivity contribution < 1.29 is 0 Å². The van der Waals surface area contributed by atoms with E-state index in [0.717, 1.165) is 28.2 Å². The quantitative estimate of drug-likeness (QED) is 0.132. The summed E-state index contributed by atoms with van der Waals surface area (Å²) in [5.41, 5.74) is 27.1. The lowest BCUT2D eigenvalue weighted by Crippen LogP contribution is -2.28. The molecular weight excluding hydrogens is 1050 g/mol. The molecule has 13 aromatic rings. The van der Waals surface area contributed by atoms with Gasteiger partial charge in [-0.2, -0.15) is 0 Å². The minimum absolute atomic E-state index is 0.0411. The summed E-state index contributed by atoms with van der Waals surface area (Å²) in [6, 6.07) is 117. The zero-order chi connectivity index (χ0) is 59.1. The van der Waals surface area contributed by atoms with Crippen LogP contribution in [0.1, 0.15) is 97.2 Å². The van der Waals surface area contributed by atoms with E-state index in [4.69, 9.17) is 0 Å². The molecule has 0 aromatic heterocycles. The average molecular weight is 1120 g/mol. The maximum absolute atomic E-state index is 2.56. The number of nitrogens with zero attached hydrogens (tertiary/aromatic N) is 1. The van der Waals surface area contributed by atoms with Gasteiger partial charge in [-0.05, 0) is 152 Å². The zero-order valence-electron chi connectivity index (χ0n) is 50.4. The van der Waals surface area contributed by atoms with Gasteiger partial charge in [0.1, 0.15) is 0 Å². The normalized spacial score (nSPS) is 13.6. The van der Waals surface area contributed by atoms with Crippen molar-refractivity contribution in [2.75, 3.05) is 4.90 Å². The van der Waals surface area contributed by atoms with Crippen molar-refractivity contribution in [3.8, 4) is 55.6 Å². The standard InChI is InChI=1S/C86H69N/c1-83(2,3)66-54-61(55-67(57-66)84(4,5)6)69-41-25-28-59-29-26-42-73(81(59)69)72-39-21-24-46-79(72)87(80-47-27-45-77-82(80)74-40-20-23-44-76(74)85(77,62-30-11-7-12-31-62)63-32-13-8-14-33-63)68-51-48-58(49-52-68)60-50-53-71-70-38-19-22-43-75(70)86(78(71)56-60,64-34-15-9-16-35-64)65-36-17-10-18-37-65/h7-57H,1-6H3. The molecule has 15 rings (SSSR count). The van der Waals surface area contributed by atoms with Crippen LogP contribution in [-0.4, -0.2) is 0 Å². The van der Waals surface area contributed by atoms with E-state index in [1.165, 1.54) is 111 Å². The third-order valence-electron chi connectivity index (χ3n) is 18.9. The summed E-state index contributed by atoms with van der Waals surface area (Å²) in [4.78, 5) is 2.56. The van der Waals surface area contributed by atoms with E-state index in [1.54, 1.807) is 0 Å². The third-order valence-corrected chi connectivity index (χ3v) is 18.9. The lowest BCUT2D eigenvalue weighted by molar-refractivity contribution is 0.569. The maximum Gasteiger partial charge on any atom is 0.0714 e. The van der Waals surface area contributed by atoms with E-state index >= 15 is 0 Å². The van der Waals surface area contributed by atoms with Gasteiger partial charge in [-0.25, -0.2) is 0 Å². The summed E-state index contributed by atoms with van der Waals surface area (Å²) >= 11 is 0. The molecular formula is C86H69N. The summed E-state index contributed by atoms with van der Waals surface area (Å²) in [7, 11) is 0. The second-order valence-corrected chi connectivity index (χ2v) is 25.9. The molecule has 0 saturated carbocycles. The number of fused-ring (bicyclic) bond motifs is 7. The molecule has 0 fully saturated rings. The fraction of sp³-hybridized carbons (Fsp3) is 0.116. The van der Waals surface area contributed by atoms with Crippen molar-refractivity contribution in [3.63, 3.8) is 0 Å². The highest BCUT2D eigenvalue weighted by atomic mass is 15.1. The Morgan fingerprint density at radius 3 is 1.24 bits per heavy atom. The van der Waals surface area contributed by atoms with Crippen LogP contribution in [0.25, 0.3) is 66.4 Å². The van der Waals surface area contributed by atoms with Crippen molar-refractivity contribution in [1.29, 1.82) is 0 Å². The second-order valence-electron chi connectivity index (χ2n) is 25.9. The van der Waals surface area contributed by atoms with Crippen LogP contribution in [0.4, 0.5) is 17.1 Å². The van der Waals surface area contributed by atoms with Crippen LogP contribution >= 0.6 is 0 Å². The molecule has 0 radical (unpaired) electrons. The van der Waals surface area contributed by atoms with Crippen LogP contribution in [0.2, 0.25) is 0 Å². The monoisotopic (exact) mass is 1120 g/mol. The highest BCUT2D eigenvalue weighted by molar-refractivity contribution is 6.10. The number of hydrogen-bond acceptors (Lipinski definition) is 1. The highest BCUT2D eigenvalue weighted by Crippen LogP contribution is 2.61. The van der Waals surface area contributed by atoms with Crippen molar-refractivity contribution in [2.45, 2.75) is 63.2 Å². The molecule has 2 aliphatic rings. The van der Waals surface area contributed by atoms with E-state index in [9.17, 15) is 0 Å². The molecule has 1 heteroatoms. The van der Waals surface area contributed by atoms with Gasteiger partial charge >= 0.3 is 0 Å². The minimum atomic E-state index is -0.584. The van der Waals surface area contributed by atoms with Gasteiger partial charge < -0.3 is 4.90 Å². The topological polar surface area (TPSA) is 3.24 Å². The van der Waals surface area contributed by atoms with Crippen molar-refractivity contribution in [1.82, 2.24) is 0 Å². The van der Waals surface area contributed by atoms with Crippen molar-refractivity contribution in [3.05, 3.63) is 365 Å². The molecule has 0 N–H and O–H groups in total. The third kappa shape index (κ3) is 8.58. The average Bonchev–Trinajstić information content (AvgIpc) is 1.64. The molecule has 0 unspecified atom stereocenters. The first kappa shape index (κ1) is 53.6. The van der Waals surface area contributed by atoms with E-state index in [1.807, 2.05) is 0 Å². The smallest absolute Gasteiger partial charge is 0.0714 e. The molecule has 0 heterocycles. The fourth-order valence-corrected chi connectivity index (χ4v) is 14.8. The number of rotatable bonds is 10. The Balaban J connectivity index is 0.967. The lowest BCUT2D eigenvalue weighted by atomic mass is 9.67. The second kappa shape index (κ2) is 20.9. The first-order valence-electron chi connectivity index (χ1n) is 30.8. The highest BCUT2D eigenvalue weighted by Gasteiger charge is 2.48. The summed E-state index contributed by atoms with van der Waals surface area (Å²) in [6.45, 7) is 14.0. The minimum Gasteiger partial charge on any atom is -0.309 e. The Morgan fingerprint density at radius 2 is 0.678 bits per heavy atom. The molecule has 0 bridgehead atoms. The van der Waals surface area contributed by atoms with E-state index < -0.39 is 10.8 Å². The van der Waals surface area contributed by atoms with Gasteiger partial charge in [0.25, 0.3) is 0 Å².